The van der Waals surface area contributed by atoms with Crippen molar-refractivity contribution in [3.63, 3.8) is 0 Å². The zero-order valence-electron chi connectivity index (χ0n) is 11.6. The highest BCUT2D eigenvalue weighted by Gasteiger charge is 2.18. The molecule has 0 bridgehead atoms. The van der Waals surface area contributed by atoms with Gasteiger partial charge < -0.3 is 10.1 Å². The second kappa shape index (κ2) is 7.08. The van der Waals surface area contributed by atoms with Crippen LogP contribution in [0.3, 0.4) is 0 Å². The van der Waals surface area contributed by atoms with Crippen molar-refractivity contribution in [1.82, 2.24) is 5.32 Å². The van der Waals surface area contributed by atoms with E-state index in [9.17, 15) is 0 Å². The Morgan fingerprint density at radius 3 is 2.56 bits per heavy atom. The fourth-order valence-corrected chi connectivity index (χ4v) is 1.72. The average molecular weight is 245 g/mol. The molecule has 0 atom stereocenters. The van der Waals surface area contributed by atoms with Crippen molar-refractivity contribution in [2.75, 3.05) is 6.61 Å². The van der Waals surface area contributed by atoms with E-state index >= 15 is 0 Å². The van der Waals surface area contributed by atoms with E-state index in [0.29, 0.717) is 6.61 Å². The van der Waals surface area contributed by atoms with Crippen LogP contribution in [0.1, 0.15) is 39.2 Å². The van der Waals surface area contributed by atoms with Gasteiger partial charge in [0, 0.05) is 17.6 Å². The van der Waals surface area contributed by atoms with Gasteiger partial charge in [-0.05, 0) is 25.8 Å². The number of ether oxygens (including phenoxy) is 1. The van der Waals surface area contributed by atoms with Crippen LogP contribution in [0, 0.1) is 12.3 Å². The van der Waals surface area contributed by atoms with Gasteiger partial charge in [-0.1, -0.05) is 38.0 Å². The molecule has 1 rings (SSSR count). The van der Waals surface area contributed by atoms with E-state index in [1.54, 1.807) is 0 Å². The Morgan fingerprint density at radius 1 is 1.28 bits per heavy atom. The first kappa shape index (κ1) is 14.6. The van der Waals surface area contributed by atoms with Gasteiger partial charge in [-0.3, -0.25) is 0 Å². The number of rotatable bonds is 7. The molecular weight excluding hydrogens is 222 g/mol. The Kier molecular flexibility index (Phi) is 5.74. The van der Waals surface area contributed by atoms with Crippen LogP contribution in [0.15, 0.2) is 24.3 Å². The smallest absolute Gasteiger partial charge is 0.148 e. The van der Waals surface area contributed by atoms with Gasteiger partial charge in [-0.15, -0.1) is 6.42 Å². The van der Waals surface area contributed by atoms with E-state index in [2.05, 4.69) is 38.1 Å². The number of para-hydroxylation sites is 1. The Hall–Kier alpha value is -1.46. The first-order valence-electron chi connectivity index (χ1n) is 6.54. The summed E-state index contributed by atoms with van der Waals surface area (Å²) in [7, 11) is 0. The highest BCUT2D eigenvalue weighted by atomic mass is 16.5. The third-order valence-corrected chi connectivity index (χ3v) is 3.55. The monoisotopic (exact) mass is 245 g/mol. The first-order chi connectivity index (χ1) is 8.65. The highest BCUT2D eigenvalue weighted by molar-refractivity contribution is 5.33. The largest absolute Gasteiger partial charge is 0.481 e. The molecule has 98 valence electrons. The molecule has 0 fully saturated rings. The van der Waals surface area contributed by atoms with Crippen LogP contribution < -0.4 is 10.1 Å². The summed E-state index contributed by atoms with van der Waals surface area (Å²) in [6.07, 6.45) is 7.44. The van der Waals surface area contributed by atoms with Gasteiger partial charge in [0.05, 0.1) is 0 Å². The molecule has 0 unspecified atom stereocenters. The Bertz CT molecular complexity index is 402. The predicted octanol–water partition coefficient (Wildman–Crippen LogP) is 3.37. The Labute approximate surface area is 111 Å². The zero-order chi connectivity index (χ0) is 13.4. The summed E-state index contributed by atoms with van der Waals surface area (Å²) >= 11 is 0. The molecule has 1 aromatic rings. The summed E-state index contributed by atoms with van der Waals surface area (Å²) in [5.74, 6) is 3.37. The van der Waals surface area contributed by atoms with Crippen molar-refractivity contribution in [1.29, 1.82) is 0 Å². The Balaban J connectivity index is 2.69. The SMILES string of the molecule is C#CCOc1ccccc1CNC(C)(CC)CC. The first-order valence-corrected chi connectivity index (χ1v) is 6.54. The van der Waals surface area contributed by atoms with Gasteiger partial charge >= 0.3 is 0 Å². The van der Waals surface area contributed by atoms with Crippen molar-refractivity contribution in [2.45, 2.75) is 45.7 Å². The van der Waals surface area contributed by atoms with Gasteiger partial charge in [0.1, 0.15) is 12.4 Å². The highest BCUT2D eigenvalue weighted by Crippen LogP contribution is 2.20. The predicted molar refractivity (Wildman–Crippen MR) is 76.6 cm³/mol. The molecule has 0 spiro atoms. The van der Waals surface area contributed by atoms with Gasteiger partial charge in [0.2, 0.25) is 0 Å². The molecule has 0 aromatic heterocycles. The minimum atomic E-state index is 0.180. The summed E-state index contributed by atoms with van der Waals surface area (Å²) in [6, 6.07) is 8.03. The van der Waals surface area contributed by atoms with Gasteiger partial charge in [-0.25, -0.2) is 0 Å². The third kappa shape index (κ3) is 4.09. The normalized spacial score (nSPS) is 11.0. The van der Waals surface area contributed by atoms with E-state index in [1.807, 2.05) is 18.2 Å². The lowest BCUT2D eigenvalue weighted by molar-refractivity contribution is 0.321. The van der Waals surface area contributed by atoms with Crippen LogP contribution in [-0.4, -0.2) is 12.1 Å². The Morgan fingerprint density at radius 2 is 1.94 bits per heavy atom. The minimum absolute atomic E-state index is 0.180. The molecule has 0 aliphatic rings. The van der Waals surface area contributed by atoms with Crippen molar-refractivity contribution in [2.24, 2.45) is 0 Å². The molecule has 18 heavy (non-hydrogen) atoms. The quantitative estimate of drug-likeness (QED) is 0.744. The molecule has 0 radical (unpaired) electrons. The van der Waals surface area contributed by atoms with E-state index in [0.717, 1.165) is 30.7 Å². The molecule has 0 aliphatic heterocycles. The fraction of sp³-hybridized carbons (Fsp3) is 0.500. The summed E-state index contributed by atoms with van der Waals surface area (Å²) < 4.78 is 5.54. The fourth-order valence-electron chi connectivity index (χ4n) is 1.72. The topological polar surface area (TPSA) is 21.3 Å². The lowest BCUT2D eigenvalue weighted by atomic mass is 9.95. The summed E-state index contributed by atoms with van der Waals surface area (Å²) in [6.45, 7) is 7.78. The number of hydrogen-bond acceptors (Lipinski definition) is 2. The molecule has 1 N–H and O–H groups in total. The van der Waals surface area contributed by atoms with Gasteiger partial charge in [-0.2, -0.15) is 0 Å². The van der Waals surface area contributed by atoms with Crippen LogP contribution in [0.5, 0.6) is 5.75 Å². The molecule has 0 saturated carbocycles. The summed E-state index contributed by atoms with van der Waals surface area (Å²) in [5, 5.41) is 3.60. The molecule has 0 heterocycles. The van der Waals surface area contributed by atoms with E-state index in [4.69, 9.17) is 11.2 Å². The van der Waals surface area contributed by atoms with Crippen LogP contribution in [0.25, 0.3) is 0 Å². The lowest BCUT2D eigenvalue weighted by Crippen LogP contribution is -2.40. The number of nitrogens with one attached hydrogen (secondary N) is 1. The van der Waals surface area contributed by atoms with Crippen LogP contribution in [0.2, 0.25) is 0 Å². The summed E-state index contributed by atoms with van der Waals surface area (Å²) in [5.41, 5.74) is 1.33. The average Bonchev–Trinajstić information content (AvgIpc) is 2.43. The summed E-state index contributed by atoms with van der Waals surface area (Å²) in [4.78, 5) is 0. The molecule has 0 aliphatic carbocycles. The maximum atomic E-state index is 5.54. The minimum Gasteiger partial charge on any atom is -0.481 e. The van der Waals surface area contributed by atoms with Crippen LogP contribution >= 0.6 is 0 Å². The maximum Gasteiger partial charge on any atom is 0.148 e. The molecule has 0 amide bonds. The van der Waals surface area contributed by atoms with Crippen molar-refractivity contribution in [3.05, 3.63) is 29.8 Å². The second-order valence-electron chi connectivity index (χ2n) is 4.72. The van der Waals surface area contributed by atoms with Crippen LogP contribution in [-0.2, 0) is 6.54 Å². The third-order valence-electron chi connectivity index (χ3n) is 3.55. The molecule has 2 nitrogen and oxygen atoms in total. The lowest BCUT2D eigenvalue weighted by Gasteiger charge is -2.28. The molecule has 0 saturated heterocycles. The van der Waals surface area contributed by atoms with Crippen molar-refractivity contribution in [3.8, 4) is 18.1 Å². The van der Waals surface area contributed by atoms with Gasteiger partial charge in [0.25, 0.3) is 0 Å². The molecular formula is C16H23NO. The maximum absolute atomic E-state index is 5.54. The molecule has 1 aromatic carbocycles. The van der Waals surface area contributed by atoms with Crippen LogP contribution in [0.4, 0.5) is 0 Å². The number of benzene rings is 1. The zero-order valence-corrected chi connectivity index (χ0v) is 11.6. The number of hydrogen-bond donors (Lipinski definition) is 1. The van der Waals surface area contributed by atoms with Gasteiger partial charge in [0.15, 0.2) is 0 Å². The van der Waals surface area contributed by atoms with E-state index < -0.39 is 0 Å². The number of terminal acetylenes is 1. The van der Waals surface area contributed by atoms with Crippen molar-refractivity contribution >= 4 is 0 Å². The van der Waals surface area contributed by atoms with E-state index in [1.165, 1.54) is 0 Å². The van der Waals surface area contributed by atoms with E-state index in [-0.39, 0.29) is 5.54 Å². The molecule has 2 heteroatoms. The second-order valence-corrected chi connectivity index (χ2v) is 4.72. The standard InChI is InChI=1S/C16H23NO/c1-5-12-18-15-11-9-8-10-14(15)13-17-16(4,6-2)7-3/h1,8-11,17H,6-7,12-13H2,2-4H3. The van der Waals surface area contributed by atoms with Crippen molar-refractivity contribution < 1.29 is 4.74 Å².